The maximum atomic E-state index is 11.4. The zero-order valence-corrected chi connectivity index (χ0v) is 15.7. The first-order valence-electron chi connectivity index (χ1n) is 8.02. The van der Waals surface area contributed by atoms with Gasteiger partial charge in [0.05, 0.1) is 5.60 Å². The van der Waals surface area contributed by atoms with Crippen molar-refractivity contribution in [1.29, 1.82) is 0 Å². The summed E-state index contributed by atoms with van der Waals surface area (Å²) in [6.45, 7) is 21.1. The molecule has 0 amide bonds. The number of rotatable bonds is 3. The molecule has 2 heteroatoms. The quantitative estimate of drug-likeness (QED) is 0.721. The smallest absolute Gasteiger partial charge is 0.0724 e. The van der Waals surface area contributed by atoms with Crippen molar-refractivity contribution in [3.63, 3.8) is 0 Å². The molecule has 0 heterocycles. The summed E-state index contributed by atoms with van der Waals surface area (Å²) in [5.74, 6) is 1.92. The summed E-state index contributed by atoms with van der Waals surface area (Å²) in [5.41, 5.74) is -0.157. The minimum absolute atomic E-state index is 0.304. The summed E-state index contributed by atoms with van der Waals surface area (Å²) in [4.78, 5) is 0. The van der Waals surface area contributed by atoms with E-state index in [2.05, 4.69) is 61.2 Å². The molecule has 114 valence electrons. The van der Waals surface area contributed by atoms with Crippen LogP contribution >= 0.6 is 0 Å². The summed E-state index contributed by atoms with van der Waals surface area (Å²) < 4.78 is 0. The molecular weight excluding hydrogens is 248 g/mol. The van der Waals surface area contributed by atoms with Crippen LogP contribution < -0.4 is 0 Å². The lowest BCUT2D eigenvalue weighted by Gasteiger charge is -2.44. The third kappa shape index (κ3) is 3.44. The molecule has 0 spiro atoms. The average Bonchev–Trinajstić information content (AvgIpc) is 2.40. The predicted octanol–water partition coefficient (Wildman–Crippen LogP) is 5.03. The Morgan fingerprint density at radius 3 is 2.00 bits per heavy atom. The summed E-state index contributed by atoms with van der Waals surface area (Å²) in [5, 5.41) is 11.4. The van der Waals surface area contributed by atoms with Crippen molar-refractivity contribution in [3.8, 4) is 0 Å². The van der Waals surface area contributed by atoms with Crippen LogP contribution in [0.4, 0.5) is 0 Å². The van der Waals surface area contributed by atoms with Crippen molar-refractivity contribution in [2.24, 2.45) is 29.1 Å². The van der Waals surface area contributed by atoms with Crippen molar-refractivity contribution < 1.29 is 5.11 Å². The van der Waals surface area contributed by atoms with Gasteiger partial charge in [0.15, 0.2) is 0 Å². The molecule has 1 fully saturated rings. The van der Waals surface area contributed by atoms with Gasteiger partial charge in [-0.05, 0) is 35.5 Å². The fraction of sp³-hybridized carbons (Fsp3) is 1.00. The molecule has 1 aliphatic rings. The van der Waals surface area contributed by atoms with Crippen molar-refractivity contribution in [3.05, 3.63) is 0 Å². The zero-order valence-electron chi connectivity index (χ0n) is 14.7. The van der Waals surface area contributed by atoms with E-state index in [1.165, 1.54) is 12.5 Å². The Morgan fingerprint density at radius 2 is 1.68 bits per heavy atom. The van der Waals surface area contributed by atoms with E-state index >= 15 is 0 Å². The summed E-state index contributed by atoms with van der Waals surface area (Å²) in [6, 6.07) is 1.26. The van der Waals surface area contributed by atoms with Gasteiger partial charge in [-0.25, -0.2) is 0 Å². The highest BCUT2D eigenvalue weighted by Crippen LogP contribution is 2.56. The van der Waals surface area contributed by atoms with E-state index in [0.29, 0.717) is 29.1 Å². The normalized spacial score (nSPS) is 37.1. The number of hydrogen-bond acceptors (Lipinski definition) is 1. The molecule has 0 unspecified atom stereocenters. The standard InChI is InChI=1S/C17H36OSi/c1-12(2)17(18)13(3)10-14(16(4,5)6)15(17)11-19(7,8)9/h12-15,18H,10-11H2,1-9H3/t13-,14+,15+,17+/m0/s1. The van der Waals surface area contributed by atoms with Gasteiger partial charge in [-0.2, -0.15) is 0 Å². The largest absolute Gasteiger partial charge is 0.389 e. The summed E-state index contributed by atoms with van der Waals surface area (Å²) in [7, 11) is -1.17. The van der Waals surface area contributed by atoms with Crippen molar-refractivity contribution in [2.75, 3.05) is 0 Å². The first-order chi connectivity index (χ1) is 8.30. The van der Waals surface area contributed by atoms with E-state index in [9.17, 15) is 5.11 Å². The van der Waals surface area contributed by atoms with Crippen LogP contribution in [0.3, 0.4) is 0 Å². The third-order valence-corrected chi connectivity index (χ3v) is 7.01. The van der Waals surface area contributed by atoms with E-state index in [1.54, 1.807) is 0 Å². The maximum Gasteiger partial charge on any atom is 0.0724 e. The molecule has 0 saturated heterocycles. The molecule has 1 nitrogen and oxygen atoms in total. The number of aliphatic hydroxyl groups is 1. The Hall–Kier alpha value is 0.177. The summed E-state index contributed by atoms with van der Waals surface area (Å²) in [6.07, 6.45) is 1.19. The molecule has 1 saturated carbocycles. The molecule has 0 bridgehead atoms. The Labute approximate surface area is 122 Å². The minimum atomic E-state index is -1.17. The Balaban J connectivity index is 3.17. The molecule has 0 aliphatic heterocycles. The maximum absolute atomic E-state index is 11.4. The molecule has 1 aliphatic carbocycles. The Morgan fingerprint density at radius 1 is 1.21 bits per heavy atom. The monoisotopic (exact) mass is 284 g/mol. The summed E-state index contributed by atoms with van der Waals surface area (Å²) >= 11 is 0. The average molecular weight is 285 g/mol. The topological polar surface area (TPSA) is 20.2 Å². The molecule has 1 N–H and O–H groups in total. The highest BCUT2D eigenvalue weighted by Gasteiger charge is 2.56. The second-order valence-electron chi connectivity index (χ2n) is 9.52. The van der Waals surface area contributed by atoms with Crippen molar-refractivity contribution in [2.45, 2.75) is 79.2 Å². The SMILES string of the molecule is CC(C)[C@]1(O)[C@H](C[Si](C)(C)C)[C@H](C(C)(C)C)C[C@@H]1C. The van der Waals surface area contributed by atoms with Gasteiger partial charge in [0, 0.05) is 8.07 Å². The van der Waals surface area contributed by atoms with Crippen molar-refractivity contribution in [1.82, 2.24) is 0 Å². The fourth-order valence-corrected chi connectivity index (χ4v) is 6.27. The Bertz CT molecular complexity index is 310. The van der Waals surface area contributed by atoms with Crippen LogP contribution in [-0.2, 0) is 0 Å². The van der Waals surface area contributed by atoms with Gasteiger partial charge < -0.3 is 5.11 Å². The molecule has 0 aromatic rings. The van der Waals surface area contributed by atoms with Gasteiger partial charge in [0.1, 0.15) is 0 Å². The van der Waals surface area contributed by atoms with Crippen LogP contribution in [0.25, 0.3) is 0 Å². The zero-order chi connectivity index (χ0) is 15.2. The van der Waals surface area contributed by atoms with Gasteiger partial charge in [-0.3, -0.25) is 0 Å². The Kier molecular flexibility index (Phi) is 4.70. The van der Waals surface area contributed by atoms with Crippen LogP contribution in [-0.4, -0.2) is 18.8 Å². The molecule has 0 radical (unpaired) electrons. The van der Waals surface area contributed by atoms with Crippen molar-refractivity contribution >= 4 is 8.07 Å². The van der Waals surface area contributed by atoms with E-state index in [4.69, 9.17) is 0 Å². The molecule has 4 atom stereocenters. The lowest BCUT2D eigenvalue weighted by atomic mass is 9.70. The van der Waals surface area contributed by atoms with Gasteiger partial charge in [0.25, 0.3) is 0 Å². The predicted molar refractivity (Wildman–Crippen MR) is 88.2 cm³/mol. The first kappa shape index (κ1) is 17.2. The van der Waals surface area contributed by atoms with Crippen LogP contribution in [0.1, 0.15) is 48.0 Å². The second-order valence-corrected chi connectivity index (χ2v) is 15.1. The van der Waals surface area contributed by atoms with Crippen LogP contribution in [0, 0.1) is 29.1 Å². The number of hydrogen-bond donors (Lipinski definition) is 1. The second kappa shape index (κ2) is 5.18. The van der Waals surface area contributed by atoms with Gasteiger partial charge in [0.2, 0.25) is 0 Å². The fourth-order valence-electron chi connectivity index (χ4n) is 4.34. The van der Waals surface area contributed by atoms with Gasteiger partial charge >= 0.3 is 0 Å². The first-order valence-corrected chi connectivity index (χ1v) is 11.7. The molecule has 0 aromatic carbocycles. The van der Waals surface area contributed by atoms with E-state index < -0.39 is 13.7 Å². The molecular formula is C17H36OSi. The minimum Gasteiger partial charge on any atom is -0.389 e. The highest BCUT2D eigenvalue weighted by molar-refractivity contribution is 6.76. The van der Waals surface area contributed by atoms with E-state index in [1.807, 2.05) is 0 Å². The lowest BCUT2D eigenvalue weighted by molar-refractivity contribution is -0.0764. The van der Waals surface area contributed by atoms with Crippen LogP contribution in [0.15, 0.2) is 0 Å². The van der Waals surface area contributed by atoms with Gasteiger partial charge in [-0.1, -0.05) is 67.2 Å². The van der Waals surface area contributed by atoms with E-state index in [0.717, 1.165) is 0 Å². The molecule has 1 rings (SSSR count). The third-order valence-electron chi connectivity index (χ3n) is 5.35. The lowest BCUT2D eigenvalue weighted by Crippen LogP contribution is -2.48. The highest BCUT2D eigenvalue weighted by atomic mass is 28.3. The van der Waals surface area contributed by atoms with Crippen LogP contribution in [0.5, 0.6) is 0 Å². The molecule has 19 heavy (non-hydrogen) atoms. The van der Waals surface area contributed by atoms with Gasteiger partial charge in [-0.15, -0.1) is 0 Å². The van der Waals surface area contributed by atoms with Crippen LogP contribution in [0.2, 0.25) is 25.7 Å². The molecule has 0 aromatic heterocycles. The van der Waals surface area contributed by atoms with E-state index in [-0.39, 0.29) is 0 Å².